The Labute approximate surface area is 140 Å². The van der Waals surface area contributed by atoms with Crippen molar-refractivity contribution in [1.82, 2.24) is 14.0 Å². The smallest absolute Gasteiger partial charge is 0.393 e. The molecule has 2 unspecified atom stereocenters. The molecule has 2 atom stereocenters. The number of allylic oxidation sites excluding steroid dienone is 4. The molecule has 3 aliphatic rings. The van der Waals surface area contributed by atoms with E-state index in [0.29, 0.717) is 5.70 Å². The number of ether oxygens (including phenoxy) is 1. The van der Waals surface area contributed by atoms with Crippen molar-refractivity contribution >= 4 is 30.2 Å². The van der Waals surface area contributed by atoms with Gasteiger partial charge in [0, 0.05) is 12.5 Å². The van der Waals surface area contributed by atoms with Crippen LogP contribution >= 0.6 is 12.6 Å². The molecule has 0 radical (unpaired) electrons. The molecule has 4 rings (SSSR count). The highest BCUT2D eigenvalue weighted by Crippen LogP contribution is 2.56. The van der Waals surface area contributed by atoms with Crippen molar-refractivity contribution in [2.45, 2.75) is 23.9 Å². The maximum absolute atomic E-state index is 12.5. The molecule has 1 aromatic rings. The quantitative estimate of drug-likeness (QED) is 0.490. The number of thiol groups is 1. The van der Waals surface area contributed by atoms with Crippen LogP contribution < -0.4 is 4.48 Å². The largest absolute Gasteiger partial charge is 0.462 e. The lowest BCUT2D eigenvalue weighted by Crippen LogP contribution is -2.62. The van der Waals surface area contributed by atoms with Gasteiger partial charge >= 0.3 is 11.9 Å². The number of hydrogen-bond acceptors (Lipinski definition) is 4. The average Bonchev–Trinajstić information content (AvgIpc) is 3.02. The predicted molar refractivity (Wildman–Crippen MR) is 91.8 cm³/mol. The van der Waals surface area contributed by atoms with Crippen molar-refractivity contribution < 1.29 is 9.53 Å². The Morgan fingerprint density at radius 1 is 1.52 bits per heavy atom. The van der Waals surface area contributed by atoms with Gasteiger partial charge in [0.2, 0.25) is 5.70 Å². The minimum Gasteiger partial charge on any atom is -0.462 e. The molecule has 3 heterocycles. The Morgan fingerprint density at radius 2 is 2.30 bits per heavy atom. The van der Waals surface area contributed by atoms with Gasteiger partial charge in [-0.1, -0.05) is 18.2 Å². The van der Waals surface area contributed by atoms with Crippen LogP contribution in [0.25, 0.3) is 5.70 Å². The second-order valence-corrected chi connectivity index (χ2v) is 6.68. The first-order valence-electron chi connectivity index (χ1n) is 7.48. The summed E-state index contributed by atoms with van der Waals surface area (Å²) in [7, 11) is 3.44. The van der Waals surface area contributed by atoms with E-state index in [4.69, 9.17) is 4.74 Å². The van der Waals surface area contributed by atoms with E-state index in [-0.39, 0.29) is 10.5 Å². The number of nitrogens with zero attached hydrogens (tertiary/aromatic N) is 3. The normalized spacial score (nSPS) is 30.7. The SMILES string of the molecule is COC(=O)C1=CC=CC23CC=CC(C)=C2n2c(S)cnc2[N+]13C. The van der Waals surface area contributed by atoms with Crippen molar-refractivity contribution in [2.75, 3.05) is 14.2 Å². The predicted octanol–water partition coefficient (Wildman–Crippen LogP) is 2.68. The van der Waals surface area contributed by atoms with Gasteiger partial charge in [0.05, 0.1) is 26.1 Å². The second-order valence-electron chi connectivity index (χ2n) is 6.22. The molecule has 118 valence electrons. The van der Waals surface area contributed by atoms with E-state index in [1.54, 1.807) is 6.20 Å². The fourth-order valence-electron chi connectivity index (χ4n) is 4.16. The van der Waals surface area contributed by atoms with Crippen molar-refractivity contribution in [3.05, 3.63) is 47.8 Å². The first-order valence-corrected chi connectivity index (χ1v) is 7.92. The highest BCUT2D eigenvalue weighted by Gasteiger charge is 2.65. The Balaban J connectivity index is 2.11. The molecule has 0 aromatic carbocycles. The molecule has 1 aromatic heterocycles. The van der Waals surface area contributed by atoms with Gasteiger partial charge in [-0.05, 0) is 18.6 Å². The lowest BCUT2D eigenvalue weighted by atomic mass is 9.80. The molecule has 1 spiro atoms. The average molecular weight is 328 g/mol. The van der Waals surface area contributed by atoms with E-state index in [1.165, 1.54) is 7.11 Å². The van der Waals surface area contributed by atoms with Gasteiger partial charge < -0.3 is 4.74 Å². The van der Waals surface area contributed by atoms with E-state index < -0.39 is 5.54 Å². The first kappa shape index (κ1) is 14.5. The molecule has 1 aliphatic carbocycles. The first-order chi connectivity index (χ1) is 11.0. The van der Waals surface area contributed by atoms with Crippen LogP contribution in [0.4, 0.5) is 5.95 Å². The van der Waals surface area contributed by atoms with Crippen LogP contribution in [-0.4, -0.2) is 35.2 Å². The fourth-order valence-corrected chi connectivity index (χ4v) is 4.41. The minimum atomic E-state index is -0.391. The zero-order chi connectivity index (χ0) is 16.4. The van der Waals surface area contributed by atoms with Crippen LogP contribution in [0.15, 0.2) is 52.9 Å². The van der Waals surface area contributed by atoms with Crippen LogP contribution in [0.1, 0.15) is 13.3 Å². The Hall–Kier alpha value is -2.05. The number of esters is 1. The number of quaternary nitrogens is 1. The number of hydrogen-bond donors (Lipinski definition) is 1. The summed E-state index contributed by atoms with van der Waals surface area (Å²) in [4.78, 5) is 17.0. The Morgan fingerprint density at radius 3 is 3.04 bits per heavy atom. The van der Waals surface area contributed by atoms with Gasteiger partial charge in [0.25, 0.3) is 0 Å². The van der Waals surface area contributed by atoms with Crippen LogP contribution in [0.5, 0.6) is 0 Å². The summed E-state index contributed by atoms with van der Waals surface area (Å²) in [6, 6.07) is 0. The molecule has 0 bridgehead atoms. The number of imidazole rings is 1. The van der Waals surface area contributed by atoms with Gasteiger partial charge in [-0.3, -0.25) is 0 Å². The number of fused-ring (bicyclic) bond motifs is 3. The lowest BCUT2D eigenvalue weighted by Gasteiger charge is -2.44. The molecule has 5 nitrogen and oxygen atoms in total. The zero-order valence-corrected chi connectivity index (χ0v) is 14.2. The van der Waals surface area contributed by atoms with Crippen LogP contribution in [0, 0.1) is 0 Å². The highest BCUT2D eigenvalue weighted by molar-refractivity contribution is 7.80. The number of likely N-dealkylation sites (N-methyl/N-ethyl adjacent to an activating group) is 1. The lowest BCUT2D eigenvalue weighted by molar-refractivity contribution is -0.138. The number of rotatable bonds is 1. The van der Waals surface area contributed by atoms with Crippen LogP contribution in [-0.2, 0) is 9.53 Å². The number of carbonyl (C=O) groups is 1. The molecule has 0 N–H and O–H groups in total. The number of methoxy groups -OCH3 is 1. The summed E-state index contributed by atoms with van der Waals surface area (Å²) in [5.74, 6) is 0.453. The zero-order valence-electron chi connectivity index (χ0n) is 13.3. The summed E-state index contributed by atoms with van der Waals surface area (Å²) >= 11 is 4.59. The molecule has 0 fully saturated rings. The number of aromatic nitrogens is 2. The monoisotopic (exact) mass is 328 g/mol. The molecule has 0 saturated carbocycles. The van der Waals surface area contributed by atoms with E-state index in [0.717, 1.165) is 28.7 Å². The van der Waals surface area contributed by atoms with Gasteiger partial charge in [-0.25, -0.2) is 13.8 Å². The summed E-state index contributed by atoms with van der Waals surface area (Å²) in [5.41, 5.74) is 2.47. The third-order valence-corrected chi connectivity index (χ3v) is 5.54. The van der Waals surface area contributed by atoms with E-state index in [9.17, 15) is 4.79 Å². The standard InChI is InChI=1S/C17H17N3O2S/c1-11-6-4-8-17-9-5-7-12(15(21)22-3)20(17,2)16-18-10-13(23)19(16)14(11)17/h4-7,9-10H,8H2,1-3H3/p+1. The fraction of sp³-hybridized carbons (Fsp3) is 0.294. The maximum atomic E-state index is 12.5. The van der Waals surface area contributed by atoms with E-state index >= 15 is 0 Å². The summed E-state index contributed by atoms with van der Waals surface area (Å²) in [5, 5.41) is 0.774. The van der Waals surface area contributed by atoms with Crippen molar-refractivity contribution in [1.29, 1.82) is 0 Å². The molecular formula is C17H18N3O2S+. The Bertz CT molecular complexity index is 861. The minimum absolute atomic E-state index is 0.272. The molecule has 6 heteroatoms. The van der Waals surface area contributed by atoms with Gasteiger partial charge in [0.15, 0.2) is 5.54 Å². The van der Waals surface area contributed by atoms with Crippen molar-refractivity contribution in [3.8, 4) is 0 Å². The molecule has 0 saturated heterocycles. The van der Waals surface area contributed by atoms with E-state index in [1.807, 2.05) is 19.2 Å². The summed E-state index contributed by atoms with van der Waals surface area (Å²) in [6.45, 7) is 2.09. The van der Waals surface area contributed by atoms with Crippen molar-refractivity contribution in [3.63, 3.8) is 0 Å². The second kappa shape index (κ2) is 4.49. The Kier molecular flexibility index (Phi) is 2.84. The number of carbonyl (C=O) groups excluding carboxylic acids is 1. The highest BCUT2D eigenvalue weighted by atomic mass is 32.1. The molecule has 23 heavy (non-hydrogen) atoms. The summed E-state index contributed by atoms with van der Waals surface area (Å²) < 4.78 is 7.38. The van der Waals surface area contributed by atoms with Crippen LogP contribution in [0.3, 0.4) is 0 Å². The van der Waals surface area contributed by atoms with Gasteiger partial charge in [-0.15, -0.1) is 12.6 Å². The maximum Gasteiger partial charge on any atom is 0.393 e. The van der Waals surface area contributed by atoms with Gasteiger partial charge in [0.1, 0.15) is 5.03 Å². The molecular weight excluding hydrogens is 310 g/mol. The molecule has 2 aliphatic heterocycles. The third-order valence-electron chi connectivity index (χ3n) is 5.23. The van der Waals surface area contributed by atoms with Crippen molar-refractivity contribution in [2.24, 2.45) is 0 Å². The topological polar surface area (TPSA) is 44.1 Å². The van der Waals surface area contributed by atoms with E-state index in [2.05, 4.69) is 47.3 Å². The molecule has 0 amide bonds. The van der Waals surface area contributed by atoms with Crippen LogP contribution in [0.2, 0.25) is 0 Å². The third kappa shape index (κ3) is 1.48. The van der Waals surface area contributed by atoms with Gasteiger partial charge in [-0.2, -0.15) is 4.98 Å². The summed E-state index contributed by atoms with van der Waals surface area (Å²) in [6.07, 6.45) is 12.7.